The van der Waals surface area contributed by atoms with Crippen molar-refractivity contribution >= 4 is 68.1 Å². The minimum absolute atomic E-state index is 0.115. The predicted molar refractivity (Wildman–Crippen MR) is 132 cm³/mol. The highest BCUT2D eigenvalue weighted by molar-refractivity contribution is 7.92. The molecule has 0 aromatic heterocycles. The average Bonchev–Trinajstić information content (AvgIpc) is 3.21. The van der Waals surface area contributed by atoms with Gasteiger partial charge in [0, 0.05) is 17.3 Å². The third-order valence-electron chi connectivity index (χ3n) is 5.12. The third-order valence-corrected chi connectivity index (χ3v) is 7.52. The van der Waals surface area contributed by atoms with Gasteiger partial charge in [-0.2, -0.15) is 0 Å². The summed E-state index contributed by atoms with van der Waals surface area (Å²) in [7, 11) is -4.19. The van der Waals surface area contributed by atoms with Crippen LogP contribution in [0.5, 0.6) is 0 Å². The van der Waals surface area contributed by atoms with Gasteiger partial charge in [-0.25, -0.2) is 13.2 Å². The summed E-state index contributed by atoms with van der Waals surface area (Å²) in [6.45, 7) is -0.0516. The fourth-order valence-electron chi connectivity index (χ4n) is 3.53. The lowest BCUT2D eigenvalue weighted by Crippen LogP contribution is -2.33. The topological polar surface area (TPSA) is 92.8 Å². The van der Waals surface area contributed by atoms with Crippen LogP contribution in [0.2, 0.25) is 15.1 Å². The molecule has 1 aliphatic heterocycles. The molecular weight excluding hydrogens is 523 g/mol. The Kier molecular flexibility index (Phi) is 7.04. The Morgan fingerprint density at radius 3 is 2.50 bits per heavy atom. The first-order valence-corrected chi connectivity index (χ1v) is 12.6. The highest BCUT2D eigenvalue weighted by atomic mass is 35.5. The molecule has 0 saturated carbocycles. The van der Waals surface area contributed by atoms with Crippen LogP contribution in [-0.4, -0.2) is 33.4 Å². The molecule has 7 nitrogen and oxygen atoms in total. The van der Waals surface area contributed by atoms with Crippen LogP contribution in [0.1, 0.15) is 15.9 Å². The first kappa shape index (κ1) is 24.3. The smallest absolute Gasteiger partial charge is 0.340 e. The first-order valence-electron chi connectivity index (χ1n) is 9.98. The van der Waals surface area contributed by atoms with E-state index in [0.717, 1.165) is 23.4 Å². The van der Waals surface area contributed by atoms with Crippen molar-refractivity contribution in [3.05, 3.63) is 86.9 Å². The summed E-state index contributed by atoms with van der Waals surface area (Å²) < 4.78 is 33.3. The number of para-hydroxylation sites is 1. The van der Waals surface area contributed by atoms with Crippen LogP contribution >= 0.6 is 34.8 Å². The summed E-state index contributed by atoms with van der Waals surface area (Å²) in [5.74, 6) is -1.36. The van der Waals surface area contributed by atoms with Gasteiger partial charge in [0.25, 0.3) is 15.9 Å². The van der Waals surface area contributed by atoms with Crippen molar-refractivity contribution in [2.24, 2.45) is 0 Å². The number of hydrogen-bond acceptors (Lipinski definition) is 5. The zero-order valence-corrected chi connectivity index (χ0v) is 20.5. The Hall–Kier alpha value is -2.78. The number of amides is 1. The maximum atomic E-state index is 12.9. The van der Waals surface area contributed by atoms with Crippen LogP contribution in [-0.2, 0) is 26.0 Å². The van der Waals surface area contributed by atoms with Gasteiger partial charge in [-0.3, -0.25) is 9.52 Å². The van der Waals surface area contributed by atoms with Crippen LogP contribution < -0.4 is 9.62 Å². The van der Waals surface area contributed by atoms with Crippen molar-refractivity contribution in [1.29, 1.82) is 0 Å². The average molecular weight is 540 g/mol. The summed E-state index contributed by atoms with van der Waals surface area (Å²) in [5.41, 5.74) is 1.77. The second-order valence-electron chi connectivity index (χ2n) is 7.38. The number of carbonyl (C=O) groups excluding carboxylic acids is 2. The number of nitrogens with zero attached hydrogens (tertiary/aromatic N) is 1. The summed E-state index contributed by atoms with van der Waals surface area (Å²) in [4.78, 5) is 26.4. The van der Waals surface area contributed by atoms with Crippen LogP contribution in [0, 0.1) is 0 Å². The molecule has 0 bridgehead atoms. The number of esters is 1. The van der Waals surface area contributed by atoms with E-state index in [0.29, 0.717) is 18.0 Å². The van der Waals surface area contributed by atoms with E-state index in [1.807, 2.05) is 24.3 Å². The molecule has 4 rings (SSSR count). The Morgan fingerprint density at radius 1 is 0.971 bits per heavy atom. The van der Waals surface area contributed by atoms with Crippen molar-refractivity contribution in [1.82, 2.24) is 0 Å². The highest BCUT2D eigenvalue weighted by Crippen LogP contribution is 2.31. The number of sulfonamides is 1. The maximum absolute atomic E-state index is 12.9. The number of halogens is 3. The summed E-state index contributed by atoms with van der Waals surface area (Å²) in [5, 5.41) is 0.0217. The third kappa shape index (κ3) is 5.15. The molecule has 1 aliphatic rings. The van der Waals surface area contributed by atoms with Crippen LogP contribution in [0.15, 0.2) is 65.6 Å². The molecule has 34 heavy (non-hydrogen) atoms. The molecule has 1 N–H and O–H groups in total. The molecule has 0 saturated heterocycles. The molecular formula is C23H17Cl3N2O5S. The second kappa shape index (κ2) is 9.84. The minimum Gasteiger partial charge on any atom is -0.452 e. The largest absolute Gasteiger partial charge is 0.452 e. The quantitative estimate of drug-likeness (QED) is 0.435. The zero-order valence-electron chi connectivity index (χ0n) is 17.4. The Bertz CT molecular complexity index is 1400. The fourth-order valence-corrected chi connectivity index (χ4v) is 5.63. The van der Waals surface area contributed by atoms with E-state index in [9.17, 15) is 18.0 Å². The SMILES string of the molecule is O=C(OCC(=O)N1CCc2ccccc21)c1cc(S(=O)(=O)Nc2cccc(Cl)c2)c(Cl)cc1Cl. The summed E-state index contributed by atoms with van der Waals surface area (Å²) >= 11 is 18.1. The van der Waals surface area contributed by atoms with Gasteiger partial charge in [0.15, 0.2) is 6.61 Å². The Labute approximate surface area is 211 Å². The lowest BCUT2D eigenvalue weighted by atomic mass is 10.2. The number of ether oxygens (including phenoxy) is 1. The molecule has 0 atom stereocenters. The van der Waals surface area contributed by atoms with E-state index in [2.05, 4.69) is 4.72 Å². The number of fused-ring (bicyclic) bond motifs is 1. The van der Waals surface area contributed by atoms with Crippen LogP contribution in [0.3, 0.4) is 0 Å². The van der Waals surface area contributed by atoms with E-state index in [1.165, 1.54) is 17.0 Å². The van der Waals surface area contributed by atoms with Gasteiger partial charge in [-0.1, -0.05) is 59.1 Å². The van der Waals surface area contributed by atoms with Gasteiger partial charge in [0.2, 0.25) is 0 Å². The van der Waals surface area contributed by atoms with Gasteiger partial charge in [0.05, 0.1) is 21.3 Å². The van der Waals surface area contributed by atoms with Gasteiger partial charge in [-0.05, 0) is 48.4 Å². The zero-order chi connectivity index (χ0) is 24.5. The molecule has 0 aliphatic carbocycles. The van der Waals surface area contributed by atoms with E-state index in [-0.39, 0.29) is 26.2 Å². The molecule has 3 aromatic rings. The van der Waals surface area contributed by atoms with Crippen molar-refractivity contribution in [2.75, 3.05) is 22.8 Å². The Morgan fingerprint density at radius 2 is 1.74 bits per heavy atom. The standard InChI is InChI=1S/C23H17Cl3N2O5S/c24-15-5-3-6-16(10-15)27-34(31,32)21-11-17(18(25)12-19(21)26)23(30)33-13-22(29)28-9-8-14-4-1-2-7-20(14)28/h1-7,10-12,27H,8-9,13H2. The molecule has 11 heteroatoms. The van der Waals surface area contributed by atoms with Crippen molar-refractivity contribution in [3.63, 3.8) is 0 Å². The lowest BCUT2D eigenvalue weighted by Gasteiger charge is -2.17. The normalized spacial score (nSPS) is 12.9. The number of rotatable bonds is 6. The molecule has 1 heterocycles. The minimum atomic E-state index is -4.19. The molecule has 1 amide bonds. The van der Waals surface area contributed by atoms with Gasteiger partial charge < -0.3 is 9.64 Å². The molecule has 0 radical (unpaired) electrons. The number of benzene rings is 3. The van der Waals surface area contributed by atoms with Crippen LogP contribution in [0.25, 0.3) is 0 Å². The van der Waals surface area contributed by atoms with Crippen molar-refractivity contribution < 1.29 is 22.7 Å². The van der Waals surface area contributed by atoms with E-state index in [1.54, 1.807) is 12.1 Å². The van der Waals surface area contributed by atoms with Crippen LogP contribution in [0.4, 0.5) is 11.4 Å². The number of nitrogens with one attached hydrogen (secondary N) is 1. The summed E-state index contributed by atoms with van der Waals surface area (Å²) in [6, 6.07) is 15.7. The molecule has 0 spiro atoms. The highest BCUT2D eigenvalue weighted by Gasteiger charge is 2.27. The van der Waals surface area contributed by atoms with Gasteiger partial charge >= 0.3 is 5.97 Å². The lowest BCUT2D eigenvalue weighted by molar-refractivity contribution is -0.121. The predicted octanol–water partition coefficient (Wildman–Crippen LogP) is 5.19. The van der Waals surface area contributed by atoms with E-state index in [4.69, 9.17) is 39.5 Å². The van der Waals surface area contributed by atoms with Gasteiger partial charge in [0.1, 0.15) is 4.90 Å². The second-order valence-corrected chi connectivity index (χ2v) is 10.3. The number of anilines is 2. The van der Waals surface area contributed by atoms with Gasteiger partial charge in [-0.15, -0.1) is 0 Å². The first-order chi connectivity index (χ1) is 16.2. The number of hydrogen-bond donors (Lipinski definition) is 1. The van der Waals surface area contributed by atoms with Crippen molar-refractivity contribution in [3.8, 4) is 0 Å². The van der Waals surface area contributed by atoms with E-state index < -0.39 is 28.5 Å². The monoisotopic (exact) mass is 538 g/mol. The molecule has 3 aromatic carbocycles. The molecule has 0 fully saturated rings. The van der Waals surface area contributed by atoms with E-state index >= 15 is 0 Å². The summed E-state index contributed by atoms with van der Waals surface area (Å²) in [6.07, 6.45) is 0.708. The molecule has 176 valence electrons. The fraction of sp³-hybridized carbons (Fsp3) is 0.130. The molecule has 0 unspecified atom stereocenters. The van der Waals surface area contributed by atoms with Crippen molar-refractivity contribution in [2.45, 2.75) is 11.3 Å². The Balaban J connectivity index is 1.51. The number of carbonyl (C=O) groups is 2. The maximum Gasteiger partial charge on any atom is 0.340 e.